The van der Waals surface area contributed by atoms with Crippen molar-refractivity contribution in [2.45, 2.75) is 11.1 Å². The van der Waals surface area contributed by atoms with Crippen molar-refractivity contribution >= 4 is 33.0 Å². The molecule has 128 valence electrons. The lowest BCUT2D eigenvalue weighted by Gasteiger charge is -2.12. The number of rotatable bonds is 4. The number of nitro benzene ring substituents is 1. The van der Waals surface area contributed by atoms with Crippen LogP contribution in [-0.4, -0.2) is 13.3 Å². The van der Waals surface area contributed by atoms with Gasteiger partial charge in [0.25, 0.3) is 15.7 Å². The number of benzene rings is 2. The smallest absolute Gasteiger partial charge is 0.278 e. The minimum Gasteiger partial charge on any atom is -0.278 e. The number of nitro groups is 1. The largest absolute Gasteiger partial charge is 0.416 e. The molecule has 11 heteroatoms. The predicted octanol–water partition coefficient (Wildman–Crippen LogP) is 4.07. The van der Waals surface area contributed by atoms with Crippen molar-refractivity contribution in [1.82, 2.24) is 0 Å². The standard InChI is InChI=1S/C13H8ClF3N2O4S/c14-11-7-8(13(15,16)17)1-6-12(11)18-24(22,23)10-4-2-9(3-5-10)19(20)21/h1-7,18H. The van der Waals surface area contributed by atoms with Crippen LogP contribution in [0.1, 0.15) is 5.56 Å². The molecule has 24 heavy (non-hydrogen) atoms. The van der Waals surface area contributed by atoms with Crippen molar-refractivity contribution in [2.24, 2.45) is 0 Å². The summed E-state index contributed by atoms with van der Waals surface area (Å²) < 4.78 is 64.0. The van der Waals surface area contributed by atoms with E-state index in [0.717, 1.165) is 30.3 Å². The molecule has 0 aromatic heterocycles. The van der Waals surface area contributed by atoms with Gasteiger partial charge in [0, 0.05) is 12.1 Å². The zero-order chi connectivity index (χ0) is 18.1. The highest BCUT2D eigenvalue weighted by Gasteiger charge is 2.31. The lowest BCUT2D eigenvalue weighted by atomic mass is 10.2. The number of nitrogens with one attached hydrogen (secondary N) is 1. The Morgan fingerprint density at radius 3 is 2.12 bits per heavy atom. The lowest BCUT2D eigenvalue weighted by Crippen LogP contribution is -2.14. The molecule has 0 atom stereocenters. The van der Waals surface area contributed by atoms with Crippen molar-refractivity contribution in [3.8, 4) is 0 Å². The van der Waals surface area contributed by atoms with Gasteiger partial charge in [-0.25, -0.2) is 8.42 Å². The molecule has 2 aromatic rings. The zero-order valence-electron chi connectivity index (χ0n) is 11.5. The van der Waals surface area contributed by atoms with E-state index in [1.807, 2.05) is 4.72 Å². The van der Waals surface area contributed by atoms with Gasteiger partial charge in [0.2, 0.25) is 0 Å². The first-order valence-corrected chi connectivity index (χ1v) is 8.01. The van der Waals surface area contributed by atoms with Crippen LogP contribution in [0.2, 0.25) is 5.02 Å². The topological polar surface area (TPSA) is 89.3 Å². The molecule has 2 aromatic carbocycles. The molecule has 0 fully saturated rings. The number of halogens is 4. The summed E-state index contributed by atoms with van der Waals surface area (Å²) in [4.78, 5) is 9.54. The van der Waals surface area contributed by atoms with Gasteiger partial charge >= 0.3 is 6.18 Å². The van der Waals surface area contributed by atoms with Gasteiger partial charge in [-0.3, -0.25) is 14.8 Å². The fourth-order valence-electron chi connectivity index (χ4n) is 1.72. The van der Waals surface area contributed by atoms with Crippen LogP contribution < -0.4 is 4.72 Å². The quantitative estimate of drug-likeness (QED) is 0.639. The number of nitrogens with zero attached hydrogens (tertiary/aromatic N) is 1. The molecule has 0 aliphatic rings. The molecule has 1 N–H and O–H groups in total. The second-order valence-corrected chi connectivity index (χ2v) is 6.64. The third-order valence-corrected chi connectivity index (χ3v) is 4.59. The van der Waals surface area contributed by atoms with Gasteiger partial charge in [-0.15, -0.1) is 0 Å². The van der Waals surface area contributed by atoms with E-state index in [4.69, 9.17) is 11.6 Å². The average molecular weight is 381 g/mol. The molecule has 2 rings (SSSR count). The summed E-state index contributed by atoms with van der Waals surface area (Å²) >= 11 is 5.68. The van der Waals surface area contributed by atoms with Gasteiger partial charge in [-0.2, -0.15) is 13.2 Å². The normalized spacial score (nSPS) is 12.0. The van der Waals surface area contributed by atoms with Gasteiger partial charge < -0.3 is 0 Å². The fourth-order valence-corrected chi connectivity index (χ4v) is 3.09. The van der Waals surface area contributed by atoms with Crippen LogP contribution in [0.5, 0.6) is 0 Å². The lowest BCUT2D eigenvalue weighted by molar-refractivity contribution is -0.384. The Bertz CT molecular complexity index is 883. The van der Waals surface area contributed by atoms with Crippen LogP contribution in [0.15, 0.2) is 47.4 Å². The fraction of sp³-hybridized carbons (Fsp3) is 0.0769. The number of sulfonamides is 1. The van der Waals surface area contributed by atoms with Crippen LogP contribution in [0.4, 0.5) is 24.5 Å². The molecule has 0 unspecified atom stereocenters. The van der Waals surface area contributed by atoms with Crippen molar-refractivity contribution in [1.29, 1.82) is 0 Å². The van der Waals surface area contributed by atoms with E-state index >= 15 is 0 Å². The highest BCUT2D eigenvalue weighted by atomic mass is 35.5. The molecular weight excluding hydrogens is 373 g/mol. The summed E-state index contributed by atoms with van der Waals surface area (Å²) in [5, 5.41) is 10.1. The zero-order valence-corrected chi connectivity index (χ0v) is 13.1. The summed E-state index contributed by atoms with van der Waals surface area (Å²) in [5.41, 5.74) is -1.57. The van der Waals surface area contributed by atoms with Crippen LogP contribution in [0, 0.1) is 10.1 Å². The second-order valence-electron chi connectivity index (χ2n) is 4.55. The van der Waals surface area contributed by atoms with E-state index in [9.17, 15) is 31.7 Å². The average Bonchev–Trinajstić information content (AvgIpc) is 2.48. The molecule has 0 amide bonds. The van der Waals surface area contributed by atoms with Gasteiger partial charge in [0.15, 0.2) is 0 Å². The molecule has 0 saturated heterocycles. The van der Waals surface area contributed by atoms with E-state index in [1.165, 1.54) is 0 Å². The number of anilines is 1. The first-order chi connectivity index (χ1) is 11.0. The molecule has 0 saturated carbocycles. The Balaban J connectivity index is 2.31. The van der Waals surface area contributed by atoms with Gasteiger partial charge in [0.1, 0.15) is 0 Å². The summed E-state index contributed by atoms with van der Waals surface area (Å²) in [6.45, 7) is 0. The maximum absolute atomic E-state index is 12.6. The maximum atomic E-state index is 12.6. The third-order valence-electron chi connectivity index (χ3n) is 2.90. The summed E-state index contributed by atoms with van der Waals surface area (Å²) in [7, 11) is -4.16. The Morgan fingerprint density at radius 2 is 1.67 bits per heavy atom. The summed E-state index contributed by atoms with van der Waals surface area (Å²) in [6.07, 6.45) is -4.61. The van der Waals surface area contributed by atoms with Crippen molar-refractivity contribution in [3.63, 3.8) is 0 Å². The highest BCUT2D eigenvalue weighted by molar-refractivity contribution is 7.92. The van der Waals surface area contributed by atoms with Crippen molar-refractivity contribution < 1.29 is 26.5 Å². The Labute approximate surface area is 139 Å². The molecule has 0 bridgehead atoms. The Hall–Kier alpha value is -2.33. The number of hydrogen-bond acceptors (Lipinski definition) is 4. The number of hydrogen-bond donors (Lipinski definition) is 1. The van der Waals surface area contributed by atoms with Gasteiger partial charge in [-0.1, -0.05) is 11.6 Å². The van der Waals surface area contributed by atoms with E-state index in [2.05, 4.69) is 0 Å². The van der Waals surface area contributed by atoms with E-state index in [1.54, 1.807) is 0 Å². The van der Waals surface area contributed by atoms with Crippen molar-refractivity contribution in [2.75, 3.05) is 4.72 Å². The first kappa shape index (κ1) is 18.0. The van der Waals surface area contributed by atoms with E-state index in [-0.39, 0.29) is 16.3 Å². The van der Waals surface area contributed by atoms with Crippen LogP contribution in [0.3, 0.4) is 0 Å². The van der Waals surface area contributed by atoms with E-state index in [0.29, 0.717) is 12.1 Å². The van der Waals surface area contributed by atoms with Crippen LogP contribution >= 0.6 is 11.6 Å². The Morgan fingerprint density at radius 1 is 1.08 bits per heavy atom. The molecule has 0 radical (unpaired) electrons. The van der Waals surface area contributed by atoms with Crippen LogP contribution in [-0.2, 0) is 16.2 Å². The van der Waals surface area contributed by atoms with E-state index < -0.39 is 31.7 Å². The highest BCUT2D eigenvalue weighted by Crippen LogP contribution is 2.34. The third kappa shape index (κ3) is 3.95. The Kier molecular flexibility index (Phi) is 4.72. The monoisotopic (exact) mass is 380 g/mol. The van der Waals surface area contributed by atoms with Crippen molar-refractivity contribution in [3.05, 3.63) is 63.2 Å². The van der Waals surface area contributed by atoms with Crippen LogP contribution in [0.25, 0.3) is 0 Å². The summed E-state index contributed by atoms with van der Waals surface area (Å²) in [6, 6.07) is 6.13. The van der Waals surface area contributed by atoms with Gasteiger partial charge in [0.05, 0.1) is 26.1 Å². The molecule has 0 heterocycles. The number of non-ortho nitro benzene ring substituents is 1. The molecule has 0 aliphatic heterocycles. The molecule has 0 spiro atoms. The second kappa shape index (κ2) is 6.29. The van der Waals surface area contributed by atoms with Gasteiger partial charge in [-0.05, 0) is 30.3 Å². The predicted molar refractivity (Wildman–Crippen MR) is 80.4 cm³/mol. The molecule has 0 aliphatic carbocycles. The number of alkyl halides is 3. The molecule has 6 nitrogen and oxygen atoms in total. The minimum atomic E-state index is -4.61. The molecular formula is C13H8ClF3N2O4S. The summed E-state index contributed by atoms with van der Waals surface area (Å²) in [5.74, 6) is 0. The SMILES string of the molecule is O=[N+]([O-])c1ccc(S(=O)(=O)Nc2ccc(C(F)(F)F)cc2Cl)cc1. The minimum absolute atomic E-state index is 0.247. The maximum Gasteiger partial charge on any atom is 0.416 e. The first-order valence-electron chi connectivity index (χ1n) is 6.15.